The Morgan fingerprint density at radius 2 is 1.70 bits per heavy atom. The molecule has 7 nitrogen and oxygen atoms in total. The number of unbranched alkanes of at least 4 members (excludes halogenated alkanes) is 2. The lowest BCUT2D eigenvalue weighted by Crippen LogP contribution is -2.38. The molecule has 2 unspecified atom stereocenters. The summed E-state index contributed by atoms with van der Waals surface area (Å²) in [6, 6.07) is -0.558. The van der Waals surface area contributed by atoms with Crippen LogP contribution in [0.3, 0.4) is 0 Å². The van der Waals surface area contributed by atoms with Gasteiger partial charge in [-0.2, -0.15) is 0 Å². The molecular weight excluding hydrogens is 318 g/mol. The fourth-order valence-electron chi connectivity index (χ4n) is 1.70. The number of azide groups is 1. The molecule has 0 aliphatic rings. The van der Waals surface area contributed by atoms with E-state index in [1.807, 2.05) is 0 Å². The maximum absolute atomic E-state index is 9.80. The summed E-state index contributed by atoms with van der Waals surface area (Å²) >= 11 is 4.35. The Morgan fingerprint density at radius 1 is 1.13 bits per heavy atom. The zero-order valence-electron chi connectivity index (χ0n) is 14.4. The van der Waals surface area contributed by atoms with E-state index in [1.54, 1.807) is 6.92 Å². The Hall–Kier alpha value is -0.500. The molecule has 0 saturated carbocycles. The van der Waals surface area contributed by atoms with E-state index in [0.717, 1.165) is 25.7 Å². The SMILES string of the molecule is CCCCOCC(OC(S)[C@H](COCCCC)N=[N+]=[N-])[C@H](C)O. The van der Waals surface area contributed by atoms with Crippen molar-refractivity contribution in [1.82, 2.24) is 0 Å². The van der Waals surface area contributed by atoms with Gasteiger partial charge in [0.2, 0.25) is 0 Å². The van der Waals surface area contributed by atoms with Crippen LogP contribution in [-0.4, -0.2) is 55.2 Å². The van der Waals surface area contributed by atoms with Crippen LogP contribution in [0.15, 0.2) is 5.11 Å². The fourth-order valence-corrected chi connectivity index (χ4v) is 2.00. The lowest BCUT2D eigenvalue weighted by atomic mass is 10.2. The quantitative estimate of drug-likeness (QED) is 0.118. The van der Waals surface area contributed by atoms with Crippen LogP contribution < -0.4 is 0 Å². The first kappa shape index (κ1) is 22.5. The first-order valence-corrected chi connectivity index (χ1v) is 8.79. The number of hydrogen-bond donors (Lipinski definition) is 2. The largest absolute Gasteiger partial charge is 0.391 e. The molecule has 0 bridgehead atoms. The van der Waals surface area contributed by atoms with Gasteiger partial charge in [0.15, 0.2) is 0 Å². The second-order valence-corrected chi connectivity index (χ2v) is 5.94. The minimum atomic E-state index is -0.709. The van der Waals surface area contributed by atoms with Crippen molar-refractivity contribution in [2.45, 2.75) is 70.1 Å². The molecule has 0 amide bonds. The number of aliphatic hydroxyl groups excluding tert-OH is 1. The van der Waals surface area contributed by atoms with E-state index < -0.39 is 23.7 Å². The molecule has 0 rings (SSSR count). The van der Waals surface area contributed by atoms with E-state index in [2.05, 4.69) is 36.5 Å². The third-order valence-corrected chi connectivity index (χ3v) is 3.70. The van der Waals surface area contributed by atoms with Crippen LogP contribution in [0, 0.1) is 0 Å². The smallest absolute Gasteiger partial charge is 0.111 e. The molecule has 0 radical (unpaired) electrons. The Morgan fingerprint density at radius 3 is 2.17 bits per heavy atom. The molecule has 0 aliphatic heterocycles. The summed E-state index contributed by atoms with van der Waals surface area (Å²) in [4.78, 5) is 2.82. The molecule has 4 atom stereocenters. The van der Waals surface area contributed by atoms with Crippen molar-refractivity contribution in [3.8, 4) is 0 Å². The van der Waals surface area contributed by atoms with Gasteiger partial charge >= 0.3 is 0 Å². The minimum absolute atomic E-state index is 0.238. The van der Waals surface area contributed by atoms with Gasteiger partial charge in [-0.3, -0.25) is 0 Å². The van der Waals surface area contributed by atoms with E-state index in [1.165, 1.54) is 0 Å². The molecule has 1 N–H and O–H groups in total. The maximum Gasteiger partial charge on any atom is 0.111 e. The second-order valence-electron chi connectivity index (χ2n) is 5.43. The van der Waals surface area contributed by atoms with Crippen molar-refractivity contribution in [3.63, 3.8) is 0 Å². The second kappa shape index (κ2) is 15.1. The van der Waals surface area contributed by atoms with Gasteiger partial charge in [0.25, 0.3) is 0 Å². The number of thiol groups is 1. The minimum Gasteiger partial charge on any atom is -0.391 e. The fraction of sp³-hybridized carbons (Fsp3) is 1.00. The first-order valence-electron chi connectivity index (χ1n) is 8.28. The van der Waals surface area contributed by atoms with Crippen LogP contribution in [0.2, 0.25) is 0 Å². The monoisotopic (exact) mass is 349 g/mol. The van der Waals surface area contributed by atoms with E-state index in [4.69, 9.17) is 19.7 Å². The Bertz CT molecular complexity index is 328. The lowest BCUT2D eigenvalue weighted by Gasteiger charge is -2.27. The number of aliphatic hydroxyl groups is 1. The molecule has 0 saturated heterocycles. The molecule has 0 spiro atoms. The van der Waals surface area contributed by atoms with Gasteiger partial charge < -0.3 is 19.3 Å². The van der Waals surface area contributed by atoms with E-state index in [0.29, 0.717) is 13.2 Å². The average molecular weight is 349 g/mol. The van der Waals surface area contributed by atoms with Gasteiger partial charge in [-0.15, -0.1) is 12.6 Å². The van der Waals surface area contributed by atoms with Crippen molar-refractivity contribution < 1.29 is 19.3 Å². The standard InChI is InChI=1S/C15H31N3O4S/c1-4-6-8-20-10-13(17-18-16)15(23)22-14(12(3)19)11-21-9-7-5-2/h12-15,19,23H,4-11H2,1-3H3/t12-,13-,14?,15?/m0/s1. The van der Waals surface area contributed by atoms with Crippen molar-refractivity contribution in [1.29, 1.82) is 0 Å². The maximum atomic E-state index is 9.80. The number of rotatable bonds is 15. The number of ether oxygens (including phenoxy) is 3. The predicted molar refractivity (Wildman–Crippen MR) is 93.7 cm³/mol. The van der Waals surface area contributed by atoms with Crippen LogP contribution >= 0.6 is 12.6 Å². The number of hydrogen-bond acceptors (Lipinski definition) is 6. The molecule has 0 aromatic rings. The topological polar surface area (TPSA) is 96.7 Å². The highest BCUT2D eigenvalue weighted by molar-refractivity contribution is 7.80. The molecule has 136 valence electrons. The predicted octanol–water partition coefficient (Wildman–Crippen LogP) is 3.32. The van der Waals surface area contributed by atoms with Gasteiger partial charge in [0.05, 0.1) is 25.4 Å². The molecule has 0 aromatic heterocycles. The third-order valence-electron chi connectivity index (χ3n) is 3.24. The van der Waals surface area contributed by atoms with Crippen LogP contribution in [0.5, 0.6) is 0 Å². The highest BCUT2D eigenvalue weighted by atomic mass is 32.1. The molecule has 0 aliphatic carbocycles. The summed E-state index contributed by atoms with van der Waals surface area (Å²) < 4.78 is 16.7. The summed E-state index contributed by atoms with van der Waals surface area (Å²) in [6.07, 6.45) is 2.75. The van der Waals surface area contributed by atoms with Gasteiger partial charge in [-0.05, 0) is 25.3 Å². The molecule has 0 heterocycles. The molecule has 8 heteroatoms. The normalized spacial score (nSPS) is 16.4. The molecule has 23 heavy (non-hydrogen) atoms. The first-order chi connectivity index (χ1) is 11.1. The van der Waals surface area contributed by atoms with Gasteiger partial charge in [-0.25, -0.2) is 0 Å². The van der Waals surface area contributed by atoms with Crippen molar-refractivity contribution in [2.24, 2.45) is 5.11 Å². The average Bonchev–Trinajstić information content (AvgIpc) is 2.52. The summed E-state index contributed by atoms with van der Waals surface area (Å²) in [5.74, 6) is 0. The summed E-state index contributed by atoms with van der Waals surface area (Å²) in [5, 5.41) is 13.5. The van der Waals surface area contributed by atoms with Gasteiger partial charge in [-0.1, -0.05) is 31.8 Å². The highest BCUT2D eigenvalue weighted by Gasteiger charge is 2.25. The van der Waals surface area contributed by atoms with Crippen molar-refractivity contribution >= 4 is 12.6 Å². The van der Waals surface area contributed by atoms with Crippen molar-refractivity contribution in [2.75, 3.05) is 26.4 Å². The Kier molecular flexibility index (Phi) is 14.7. The van der Waals surface area contributed by atoms with E-state index in [9.17, 15) is 5.11 Å². The van der Waals surface area contributed by atoms with Gasteiger partial charge in [0, 0.05) is 18.1 Å². The molecular formula is C15H31N3O4S. The van der Waals surface area contributed by atoms with Gasteiger partial charge in [0.1, 0.15) is 11.5 Å². The Balaban J connectivity index is 4.39. The Labute approximate surface area is 144 Å². The highest BCUT2D eigenvalue weighted by Crippen LogP contribution is 2.15. The van der Waals surface area contributed by atoms with Crippen LogP contribution in [-0.2, 0) is 14.2 Å². The van der Waals surface area contributed by atoms with Crippen LogP contribution in [0.25, 0.3) is 10.4 Å². The van der Waals surface area contributed by atoms with Crippen LogP contribution in [0.1, 0.15) is 46.5 Å². The molecule has 0 aromatic carbocycles. The summed E-state index contributed by atoms with van der Waals surface area (Å²) in [5.41, 5.74) is 8.01. The number of nitrogens with zero attached hydrogens (tertiary/aromatic N) is 3. The zero-order valence-corrected chi connectivity index (χ0v) is 15.3. The van der Waals surface area contributed by atoms with Crippen molar-refractivity contribution in [3.05, 3.63) is 10.4 Å². The summed E-state index contributed by atoms with van der Waals surface area (Å²) in [6.45, 7) is 7.53. The zero-order chi connectivity index (χ0) is 17.5. The van der Waals surface area contributed by atoms with Crippen LogP contribution in [0.4, 0.5) is 0 Å². The third kappa shape index (κ3) is 11.6. The van der Waals surface area contributed by atoms with E-state index >= 15 is 0 Å². The lowest BCUT2D eigenvalue weighted by molar-refractivity contribution is -0.0903. The van der Waals surface area contributed by atoms with E-state index in [-0.39, 0.29) is 13.2 Å². The molecule has 0 fully saturated rings. The summed E-state index contributed by atoms with van der Waals surface area (Å²) in [7, 11) is 0.